The zero-order chi connectivity index (χ0) is 20.9. The molecule has 1 aliphatic heterocycles. The summed E-state index contributed by atoms with van der Waals surface area (Å²) in [5, 5.41) is 2.14. The molecule has 3 nitrogen and oxygen atoms in total. The summed E-state index contributed by atoms with van der Waals surface area (Å²) in [5.74, 6) is 0.0364. The molecule has 1 heterocycles. The molecule has 3 aromatic carbocycles. The van der Waals surface area contributed by atoms with Crippen molar-refractivity contribution >= 4 is 22.3 Å². The zero-order valence-corrected chi connectivity index (χ0v) is 17.0. The lowest BCUT2D eigenvalue weighted by Gasteiger charge is -2.31. The van der Waals surface area contributed by atoms with Gasteiger partial charge in [0, 0.05) is 23.5 Å². The number of hydrogen-bond acceptors (Lipinski definition) is 3. The van der Waals surface area contributed by atoms with Crippen molar-refractivity contribution in [1.82, 2.24) is 4.90 Å². The van der Waals surface area contributed by atoms with Gasteiger partial charge < -0.3 is 4.90 Å². The molecule has 1 aliphatic rings. The second-order valence-electron chi connectivity index (χ2n) is 8.04. The number of halogens is 1. The van der Waals surface area contributed by atoms with Crippen molar-refractivity contribution in [3.8, 4) is 0 Å². The third-order valence-electron chi connectivity index (χ3n) is 6.06. The Morgan fingerprint density at radius 3 is 2.37 bits per heavy atom. The number of carbonyl (C=O) groups excluding carboxylic acids is 2. The molecule has 0 amide bonds. The molecule has 0 spiro atoms. The highest BCUT2D eigenvalue weighted by Gasteiger charge is 2.26. The lowest BCUT2D eigenvalue weighted by molar-refractivity contribution is 0.0839. The van der Waals surface area contributed by atoms with Crippen molar-refractivity contribution in [3.63, 3.8) is 0 Å². The second kappa shape index (κ2) is 9.31. The van der Waals surface area contributed by atoms with E-state index in [2.05, 4.69) is 4.90 Å². The lowest BCUT2D eigenvalue weighted by atomic mass is 9.87. The Hall–Kier alpha value is -2.85. The minimum Gasteiger partial charge on any atom is -0.303 e. The van der Waals surface area contributed by atoms with Crippen molar-refractivity contribution in [2.24, 2.45) is 5.92 Å². The van der Waals surface area contributed by atoms with Crippen LogP contribution in [0.25, 0.3) is 10.8 Å². The maximum Gasteiger partial charge on any atom is 0.166 e. The Balaban J connectivity index is 1.27. The summed E-state index contributed by atoms with van der Waals surface area (Å²) in [6.45, 7) is 2.61. The number of benzene rings is 3. The predicted molar refractivity (Wildman–Crippen MR) is 117 cm³/mol. The SMILES string of the molecule is O=C(CCCN1CCC(C(=O)c2cccc3ccccc23)CC1)c1ccc(F)cc1. The average Bonchev–Trinajstić information content (AvgIpc) is 2.79. The average molecular weight is 403 g/mol. The number of hydrogen-bond donors (Lipinski definition) is 0. The van der Waals surface area contributed by atoms with E-state index in [0.717, 1.165) is 55.2 Å². The van der Waals surface area contributed by atoms with Gasteiger partial charge in [0.15, 0.2) is 11.6 Å². The molecule has 0 radical (unpaired) electrons. The molecular formula is C26H26FNO2. The van der Waals surface area contributed by atoms with Gasteiger partial charge in [-0.05, 0) is 73.9 Å². The van der Waals surface area contributed by atoms with Crippen LogP contribution >= 0.6 is 0 Å². The monoisotopic (exact) mass is 403 g/mol. The van der Waals surface area contributed by atoms with Crippen LogP contribution in [-0.4, -0.2) is 36.1 Å². The van der Waals surface area contributed by atoms with Gasteiger partial charge in [-0.2, -0.15) is 0 Å². The Morgan fingerprint density at radius 1 is 0.900 bits per heavy atom. The van der Waals surface area contributed by atoms with Gasteiger partial charge in [0.1, 0.15) is 5.82 Å². The number of rotatable bonds is 7. The van der Waals surface area contributed by atoms with Gasteiger partial charge in [0.2, 0.25) is 0 Å². The molecule has 30 heavy (non-hydrogen) atoms. The number of nitrogens with zero attached hydrogens (tertiary/aromatic N) is 1. The molecule has 154 valence electrons. The fourth-order valence-corrected chi connectivity index (χ4v) is 4.32. The van der Waals surface area contributed by atoms with Gasteiger partial charge in [-0.15, -0.1) is 0 Å². The van der Waals surface area contributed by atoms with Gasteiger partial charge in [-0.1, -0.05) is 42.5 Å². The predicted octanol–water partition coefficient (Wildman–Crippen LogP) is 5.54. The highest BCUT2D eigenvalue weighted by molar-refractivity contribution is 6.09. The molecule has 0 aromatic heterocycles. The van der Waals surface area contributed by atoms with Crippen LogP contribution in [0.2, 0.25) is 0 Å². The first-order chi connectivity index (χ1) is 14.6. The molecule has 0 N–H and O–H groups in total. The van der Waals surface area contributed by atoms with E-state index in [9.17, 15) is 14.0 Å². The van der Waals surface area contributed by atoms with Crippen molar-refractivity contribution in [1.29, 1.82) is 0 Å². The van der Waals surface area contributed by atoms with Gasteiger partial charge in [0.25, 0.3) is 0 Å². The molecule has 1 saturated heterocycles. The Morgan fingerprint density at radius 2 is 1.60 bits per heavy atom. The normalized spacial score (nSPS) is 15.4. The van der Waals surface area contributed by atoms with E-state index in [0.29, 0.717) is 12.0 Å². The fourth-order valence-electron chi connectivity index (χ4n) is 4.32. The third kappa shape index (κ3) is 4.65. The molecular weight excluding hydrogens is 377 g/mol. The van der Waals surface area contributed by atoms with Crippen LogP contribution in [0.1, 0.15) is 46.4 Å². The minimum absolute atomic E-state index is 0.0519. The molecule has 0 aliphatic carbocycles. The summed E-state index contributed by atoms with van der Waals surface area (Å²) in [5.41, 5.74) is 1.40. The van der Waals surface area contributed by atoms with E-state index >= 15 is 0 Å². The van der Waals surface area contributed by atoms with Gasteiger partial charge in [-0.3, -0.25) is 9.59 Å². The first kappa shape index (κ1) is 20.4. The first-order valence-corrected chi connectivity index (χ1v) is 10.6. The lowest BCUT2D eigenvalue weighted by Crippen LogP contribution is -2.37. The van der Waals surface area contributed by atoms with Crippen LogP contribution in [0.5, 0.6) is 0 Å². The second-order valence-corrected chi connectivity index (χ2v) is 8.04. The van der Waals surface area contributed by atoms with Crippen molar-refractivity contribution in [3.05, 3.63) is 83.7 Å². The largest absolute Gasteiger partial charge is 0.303 e. The van der Waals surface area contributed by atoms with Crippen LogP contribution < -0.4 is 0 Å². The molecule has 0 bridgehead atoms. The first-order valence-electron chi connectivity index (χ1n) is 10.6. The molecule has 4 heteroatoms. The molecule has 1 fully saturated rings. The smallest absolute Gasteiger partial charge is 0.166 e. The van der Waals surface area contributed by atoms with Crippen molar-refractivity contribution in [2.75, 3.05) is 19.6 Å². The zero-order valence-electron chi connectivity index (χ0n) is 17.0. The quantitative estimate of drug-likeness (QED) is 0.486. The number of piperidine rings is 1. The highest BCUT2D eigenvalue weighted by Crippen LogP contribution is 2.26. The highest BCUT2D eigenvalue weighted by atomic mass is 19.1. The van der Waals surface area contributed by atoms with Crippen LogP contribution in [0.15, 0.2) is 66.7 Å². The standard InChI is InChI=1S/C26H26FNO2/c27-22-12-10-20(11-13-22)25(29)9-4-16-28-17-14-21(15-18-28)26(30)24-8-3-6-19-5-1-2-7-23(19)24/h1-3,5-8,10-13,21H,4,9,14-18H2. The molecule has 0 saturated carbocycles. The van der Waals surface area contributed by atoms with Crippen LogP contribution in [-0.2, 0) is 0 Å². The minimum atomic E-state index is -0.326. The molecule has 0 atom stereocenters. The molecule has 3 aromatic rings. The molecule has 4 rings (SSSR count). The summed E-state index contributed by atoms with van der Waals surface area (Å²) in [4.78, 5) is 27.7. The molecule has 0 unspecified atom stereocenters. The number of ketones is 2. The number of fused-ring (bicyclic) bond motifs is 1. The van der Waals surface area contributed by atoms with E-state index in [1.165, 1.54) is 12.1 Å². The Kier molecular flexibility index (Phi) is 6.34. The van der Waals surface area contributed by atoms with Crippen LogP contribution in [0.3, 0.4) is 0 Å². The number of carbonyl (C=O) groups is 2. The Bertz CT molecular complexity index is 1030. The summed E-state index contributed by atoms with van der Waals surface area (Å²) < 4.78 is 13.0. The van der Waals surface area contributed by atoms with Gasteiger partial charge in [0.05, 0.1) is 0 Å². The van der Waals surface area contributed by atoms with E-state index in [1.807, 2.05) is 42.5 Å². The number of Topliss-reactive ketones (excluding diaryl/α,β-unsaturated/α-hetero) is 2. The van der Waals surface area contributed by atoms with Crippen LogP contribution in [0.4, 0.5) is 4.39 Å². The van der Waals surface area contributed by atoms with E-state index < -0.39 is 0 Å². The fraction of sp³-hybridized carbons (Fsp3) is 0.308. The summed E-state index contributed by atoms with van der Waals surface area (Å²) >= 11 is 0. The summed E-state index contributed by atoms with van der Waals surface area (Å²) in [6, 6.07) is 19.7. The van der Waals surface area contributed by atoms with Crippen molar-refractivity contribution < 1.29 is 14.0 Å². The van der Waals surface area contributed by atoms with Crippen LogP contribution in [0, 0.1) is 11.7 Å². The number of likely N-dealkylation sites (tertiary alicyclic amines) is 1. The maximum absolute atomic E-state index is 13.1. The van der Waals surface area contributed by atoms with E-state index in [-0.39, 0.29) is 23.3 Å². The van der Waals surface area contributed by atoms with Crippen molar-refractivity contribution in [2.45, 2.75) is 25.7 Å². The summed E-state index contributed by atoms with van der Waals surface area (Å²) in [7, 11) is 0. The maximum atomic E-state index is 13.1. The summed E-state index contributed by atoms with van der Waals surface area (Å²) in [6.07, 6.45) is 2.95. The van der Waals surface area contributed by atoms with Gasteiger partial charge >= 0.3 is 0 Å². The topological polar surface area (TPSA) is 37.4 Å². The Labute approximate surface area is 176 Å². The van der Waals surface area contributed by atoms with E-state index in [4.69, 9.17) is 0 Å². The van der Waals surface area contributed by atoms with Gasteiger partial charge in [-0.25, -0.2) is 4.39 Å². The third-order valence-corrected chi connectivity index (χ3v) is 6.06. The van der Waals surface area contributed by atoms with E-state index in [1.54, 1.807) is 12.1 Å².